The SMILES string of the molecule is COC(=O)/C(=C(/[O-])OC)c1ccccc1.[Na+]. The molecular weight excluding hydrogens is 219 g/mol. The molecular formula is C11H11NaO4. The van der Waals surface area contributed by atoms with Crippen LogP contribution < -0.4 is 34.7 Å². The third-order valence-electron chi connectivity index (χ3n) is 1.84. The van der Waals surface area contributed by atoms with E-state index in [4.69, 9.17) is 0 Å². The van der Waals surface area contributed by atoms with E-state index >= 15 is 0 Å². The van der Waals surface area contributed by atoms with E-state index in [9.17, 15) is 9.90 Å². The van der Waals surface area contributed by atoms with E-state index in [1.807, 2.05) is 0 Å². The summed E-state index contributed by atoms with van der Waals surface area (Å²) in [6.45, 7) is 0. The molecule has 0 aliphatic heterocycles. The van der Waals surface area contributed by atoms with Crippen molar-refractivity contribution in [1.29, 1.82) is 0 Å². The first-order chi connectivity index (χ1) is 7.20. The van der Waals surface area contributed by atoms with Gasteiger partial charge < -0.3 is 14.6 Å². The number of hydrogen-bond acceptors (Lipinski definition) is 4. The van der Waals surface area contributed by atoms with E-state index in [-0.39, 0.29) is 35.1 Å². The predicted molar refractivity (Wildman–Crippen MR) is 52.4 cm³/mol. The molecule has 80 valence electrons. The number of hydrogen-bond donors (Lipinski definition) is 0. The first kappa shape index (κ1) is 15.0. The van der Waals surface area contributed by atoms with Crippen LogP contribution in [0.2, 0.25) is 0 Å². The second-order valence-electron chi connectivity index (χ2n) is 2.72. The maximum atomic E-state index is 11.4. The van der Waals surface area contributed by atoms with Crippen molar-refractivity contribution in [2.75, 3.05) is 14.2 Å². The molecule has 0 aromatic heterocycles. The molecule has 0 saturated heterocycles. The van der Waals surface area contributed by atoms with Crippen molar-refractivity contribution in [3.63, 3.8) is 0 Å². The summed E-state index contributed by atoms with van der Waals surface area (Å²) in [5.74, 6) is -1.40. The van der Waals surface area contributed by atoms with E-state index in [0.717, 1.165) is 0 Å². The van der Waals surface area contributed by atoms with Gasteiger partial charge in [-0.3, -0.25) is 0 Å². The van der Waals surface area contributed by atoms with Crippen LogP contribution in [0.25, 0.3) is 5.57 Å². The van der Waals surface area contributed by atoms with E-state index in [1.54, 1.807) is 30.3 Å². The Bertz CT molecular complexity index is 373. The van der Waals surface area contributed by atoms with Crippen molar-refractivity contribution in [3.8, 4) is 0 Å². The molecule has 5 heteroatoms. The van der Waals surface area contributed by atoms with Crippen LogP contribution in [0.15, 0.2) is 36.3 Å². The van der Waals surface area contributed by atoms with Crippen LogP contribution in [0.5, 0.6) is 0 Å². The third-order valence-corrected chi connectivity index (χ3v) is 1.84. The van der Waals surface area contributed by atoms with Crippen molar-refractivity contribution in [3.05, 3.63) is 41.8 Å². The fourth-order valence-corrected chi connectivity index (χ4v) is 1.13. The van der Waals surface area contributed by atoms with E-state index in [2.05, 4.69) is 9.47 Å². The van der Waals surface area contributed by atoms with Gasteiger partial charge in [0.1, 0.15) is 0 Å². The zero-order valence-corrected chi connectivity index (χ0v) is 11.5. The number of carbonyl (C=O) groups excluding carboxylic acids is 1. The van der Waals surface area contributed by atoms with Crippen molar-refractivity contribution >= 4 is 11.5 Å². The Morgan fingerprint density at radius 3 is 2.12 bits per heavy atom. The molecule has 0 bridgehead atoms. The maximum Gasteiger partial charge on any atom is 1.00 e. The van der Waals surface area contributed by atoms with Gasteiger partial charge in [0.05, 0.1) is 18.6 Å². The zero-order valence-electron chi connectivity index (χ0n) is 9.52. The Balaban J connectivity index is 0.00000225. The summed E-state index contributed by atoms with van der Waals surface area (Å²) in [6, 6.07) is 8.52. The van der Waals surface area contributed by atoms with Gasteiger partial charge in [-0.2, -0.15) is 0 Å². The smallest absolute Gasteiger partial charge is 0.616 e. The van der Waals surface area contributed by atoms with Gasteiger partial charge in [-0.1, -0.05) is 30.3 Å². The average Bonchev–Trinajstić information content (AvgIpc) is 2.30. The molecule has 0 aliphatic carbocycles. The van der Waals surface area contributed by atoms with Crippen LogP contribution in [0, 0.1) is 0 Å². The van der Waals surface area contributed by atoms with E-state index in [0.29, 0.717) is 5.56 Å². The number of benzene rings is 1. The molecule has 0 aliphatic rings. The summed E-state index contributed by atoms with van der Waals surface area (Å²) >= 11 is 0. The molecule has 0 N–H and O–H groups in total. The molecule has 1 aromatic carbocycles. The van der Waals surface area contributed by atoms with Gasteiger partial charge in [-0.25, -0.2) is 4.79 Å². The summed E-state index contributed by atoms with van der Waals surface area (Å²) in [4.78, 5) is 11.4. The molecule has 4 nitrogen and oxygen atoms in total. The van der Waals surface area contributed by atoms with Crippen LogP contribution in [0.1, 0.15) is 5.56 Å². The predicted octanol–water partition coefficient (Wildman–Crippen LogP) is -2.46. The summed E-state index contributed by atoms with van der Waals surface area (Å²) in [7, 11) is 2.43. The molecule has 1 rings (SSSR count). The monoisotopic (exact) mass is 230 g/mol. The molecule has 0 atom stereocenters. The second kappa shape index (κ2) is 7.33. The fraction of sp³-hybridized carbons (Fsp3) is 0.182. The fourth-order valence-electron chi connectivity index (χ4n) is 1.13. The minimum absolute atomic E-state index is 0. The topological polar surface area (TPSA) is 58.6 Å². The summed E-state index contributed by atoms with van der Waals surface area (Å²) in [6.07, 6.45) is 0. The number of carbonyl (C=O) groups is 1. The maximum absolute atomic E-state index is 11.4. The van der Waals surface area contributed by atoms with Gasteiger partial charge in [0.25, 0.3) is 0 Å². The summed E-state index contributed by atoms with van der Waals surface area (Å²) < 4.78 is 9.03. The zero-order chi connectivity index (χ0) is 11.3. The van der Waals surface area contributed by atoms with Crippen molar-refractivity contribution in [2.24, 2.45) is 0 Å². The van der Waals surface area contributed by atoms with Crippen LogP contribution >= 0.6 is 0 Å². The first-order valence-corrected chi connectivity index (χ1v) is 4.29. The molecule has 0 radical (unpaired) electrons. The van der Waals surface area contributed by atoms with Crippen molar-refractivity contribution in [2.45, 2.75) is 0 Å². The number of esters is 1. The number of methoxy groups -OCH3 is 2. The molecule has 0 heterocycles. The molecule has 1 aromatic rings. The Hall–Kier alpha value is -0.970. The minimum Gasteiger partial charge on any atom is -0.616 e. The molecule has 0 amide bonds. The number of ether oxygens (including phenoxy) is 2. The normalized spacial score (nSPS) is 10.9. The van der Waals surface area contributed by atoms with Gasteiger partial charge in [-0.05, 0) is 12.7 Å². The van der Waals surface area contributed by atoms with Crippen LogP contribution in [-0.2, 0) is 14.3 Å². The average molecular weight is 230 g/mol. The Kier molecular flexibility index (Phi) is 6.88. The summed E-state index contributed by atoms with van der Waals surface area (Å²) in [5, 5.41) is 11.4. The van der Waals surface area contributed by atoms with Gasteiger partial charge in [0, 0.05) is 0 Å². The Morgan fingerprint density at radius 2 is 1.69 bits per heavy atom. The van der Waals surface area contributed by atoms with Crippen molar-refractivity contribution < 1.29 is 48.9 Å². The van der Waals surface area contributed by atoms with Gasteiger partial charge in [0.15, 0.2) is 0 Å². The number of rotatable bonds is 3. The molecule has 0 saturated carbocycles. The first-order valence-electron chi connectivity index (χ1n) is 4.29. The molecule has 0 spiro atoms. The van der Waals surface area contributed by atoms with Crippen LogP contribution in [0.3, 0.4) is 0 Å². The quantitative estimate of drug-likeness (QED) is 0.250. The largest absolute Gasteiger partial charge is 1.00 e. The Morgan fingerprint density at radius 1 is 1.12 bits per heavy atom. The Labute approximate surface area is 116 Å². The summed E-state index contributed by atoms with van der Waals surface area (Å²) in [5.41, 5.74) is 0.386. The minimum atomic E-state index is -0.701. The third kappa shape index (κ3) is 3.56. The standard InChI is InChI=1S/C11H12O4.Na/c1-14-10(12)9(11(13)15-2)8-6-4-3-5-7-8;/h3-7,12H,1-2H3;/q;+1/p-1/b10-9-;. The van der Waals surface area contributed by atoms with Crippen LogP contribution in [0.4, 0.5) is 0 Å². The molecule has 16 heavy (non-hydrogen) atoms. The van der Waals surface area contributed by atoms with Gasteiger partial charge in [0.2, 0.25) is 0 Å². The molecule has 0 fully saturated rings. The van der Waals surface area contributed by atoms with Gasteiger partial charge >= 0.3 is 35.5 Å². The van der Waals surface area contributed by atoms with E-state index in [1.165, 1.54) is 14.2 Å². The van der Waals surface area contributed by atoms with Crippen molar-refractivity contribution in [1.82, 2.24) is 0 Å². The molecule has 0 unspecified atom stereocenters. The van der Waals surface area contributed by atoms with E-state index < -0.39 is 11.9 Å². The van der Waals surface area contributed by atoms with Crippen LogP contribution in [-0.4, -0.2) is 20.2 Å². The second-order valence-corrected chi connectivity index (χ2v) is 2.72. The van der Waals surface area contributed by atoms with Gasteiger partial charge in [-0.15, -0.1) is 0 Å².